The molecule has 0 radical (unpaired) electrons. The van der Waals surface area contributed by atoms with E-state index in [-0.39, 0.29) is 0 Å². The normalized spacial score (nSPS) is 14.1. The van der Waals surface area contributed by atoms with Crippen LogP contribution in [0.1, 0.15) is 17.7 Å². The van der Waals surface area contributed by atoms with E-state index in [1.807, 2.05) is 12.3 Å². The van der Waals surface area contributed by atoms with Crippen LogP contribution in [0, 0.1) is 0 Å². The number of benzene rings is 1. The van der Waals surface area contributed by atoms with Crippen LogP contribution in [0.5, 0.6) is 0 Å². The van der Waals surface area contributed by atoms with Gasteiger partial charge in [-0.05, 0) is 36.1 Å². The Balaban J connectivity index is 1.64. The molecule has 3 rings (SSSR count). The van der Waals surface area contributed by atoms with Gasteiger partial charge >= 0.3 is 0 Å². The first-order valence-corrected chi connectivity index (χ1v) is 6.72. The van der Waals surface area contributed by atoms with E-state index in [9.17, 15) is 0 Å². The highest BCUT2D eigenvalue weighted by atomic mass is 14.7. The maximum atomic E-state index is 4.39. The van der Waals surface area contributed by atoms with Gasteiger partial charge in [-0.25, -0.2) is 0 Å². The van der Waals surface area contributed by atoms with Crippen LogP contribution >= 0.6 is 0 Å². The molecule has 0 atom stereocenters. The first-order chi connectivity index (χ1) is 9.40. The van der Waals surface area contributed by atoms with Gasteiger partial charge in [-0.15, -0.1) is 0 Å². The van der Waals surface area contributed by atoms with Crippen molar-refractivity contribution in [2.75, 3.05) is 0 Å². The van der Waals surface area contributed by atoms with Crippen LogP contribution in [-0.2, 0) is 12.8 Å². The average molecular weight is 247 g/mol. The molecule has 1 nitrogen and oxygen atoms in total. The summed E-state index contributed by atoms with van der Waals surface area (Å²) in [6.07, 6.45) is 9.61. The fourth-order valence-corrected chi connectivity index (χ4v) is 2.46. The largest absolute Gasteiger partial charge is 0.261 e. The SMILES string of the molecule is C1=C(Cc2ccccc2)C=C(Cc2ccccn2)C1. The quantitative estimate of drug-likeness (QED) is 0.792. The van der Waals surface area contributed by atoms with Gasteiger partial charge in [-0.2, -0.15) is 0 Å². The van der Waals surface area contributed by atoms with E-state index in [1.54, 1.807) is 0 Å². The first-order valence-electron chi connectivity index (χ1n) is 6.72. The summed E-state index contributed by atoms with van der Waals surface area (Å²) in [6.45, 7) is 0. The van der Waals surface area contributed by atoms with E-state index in [1.165, 1.54) is 16.7 Å². The van der Waals surface area contributed by atoms with Crippen molar-refractivity contribution in [2.45, 2.75) is 19.3 Å². The van der Waals surface area contributed by atoms with Gasteiger partial charge in [0.25, 0.3) is 0 Å². The van der Waals surface area contributed by atoms with E-state index < -0.39 is 0 Å². The topological polar surface area (TPSA) is 12.9 Å². The lowest BCUT2D eigenvalue weighted by atomic mass is 10.1. The third kappa shape index (κ3) is 3.19. The van der Waals surface area contributed by atoms with Gasteiger partial charge in [0.05, 0.1) is 0 Å². The fourth-order valence-electron chi connectivity index (χ4n) is 2.46. The van der Waals surface area contributed by atoms with Gasteiger partial charge in [0, 0.05) is 18.3 Å². The molecule has 0 aliphatic heterocycles. The molecule has 1 aromatic heterocycles. The number of aromatic nitrogens is 1. The molecule has 2 aromatic rings. The van der Waals surface area contributed by atoms with Crippen molar-refractivity contribution in [2.24, 2.45) is 0 Å². The summed E-state index contributed by atoms with van der Waals surface area (Å²) in [4.78, 5) is 4.39. The summed E-state index contributed by atoms with van der Waals surface area (Å²) in [7, 11) is 0. The van der Waals surface area contributed by atoms with Crippen molar-refractivity contribution in [3.63, 3.8) is 0 Å². The second kappa shape index (κ2) is 5.66. The predicted molar refractivity (Wildman–Crippen MR) is 78.9 cm³/mol. The van der Waals surface area contributed by atoms with Crippen LogP contribution < -0.4 is 0 Å². The molecule has 0 saturated heterocycles. The van der Waals surface area contributed by atoms with Crippen LogP contribution in [0.15, 0.2) is 78.0 Å². The molecule has 1 heteroatoms. The monoisotopic (exact) mass is 247 g/mol. The average Bonchev–Trinajstić information content (AvgIpc) is 2.88. The molecule has 0 bridgehead atoms. The molecule has 0 amide bonds. The van der Waals surface area contributed by atoms with Gasteiger partial charge in [0.2, 0.25) is 0 Å². The summed E-state index contributed by atoms with van der Waals surface area (Å²) >= 11 is 0. The molecule has 0 unspecified atom stereocenters. The highest BCUT2D eigenvalue weighted by Crippen LogP contribution is 2.23. The molecule has 1 heterocycles. The summed E-state index contributed by atoms with van der Waals surface area (Å²) in [5, 5.41) is 0. The number of rotatable bonds is 4. The van der Waals surface area contributed by atoms with E-state index in [0.29, 0.717) is 0 Å². The van der Waals surface area contributed by atoms with Crippen LogP contribution in [0.2, 0.25) is 0 Å². The minimum atomic E-state index is 0.968. The molecule has 1 aliphatic carbocycles. The Morgan fingerprint density at radius 1 is 0.895 bits per heavy atom. The Bertz CT molecular complexity index is 594. The minimum Gasteiger partial charge on any atom is -0.261 e. The first kappa shape index (κ1) is 11.9. The van der Waals surface area contributed by atoms with Crippen LogP contribution in [0.4, 0.5) is 0 Å². The number of hydrogen-bond donors (Lipinski definition) is 0. The molecular weight excluding hydrogens is 230 g/mol. The molecule has 1 aromatic carbocycles. The second-order valence-electron chi connectivity index (χ2n) is 4.95. The number of hydrogen-bond acceptors (Lipinski definition) is 1. The van der Waals surface area contributed by atoms with Crippen LogP contribution in [0.3, 0.4) is 0 Å². The van der Waals surface area contributed by atoms with Crippen molar-refractivity contribution < 1.29 is 0 Å². The van der Waals surface area contributed by atoms with Gasteiger partial charge in [0.15, 0.2) is 0 Å². The molecule has 0 saturated carbocycles. The number of pyridine rings is 1. The molecule has 19 heavy (non-hydrogen) atoms. The van der Waals surface area contributed by atoms with E-state index in [0.717, 1.165) is 25.0 Å². The predicted octanol–water partition coefficient (Wildman–Crippen LogP) is 4.12. The summed E-state index contributed by atoms with van der Waals surface area (Å²) < 4.78 is 0. The Morgan fingerprint density at radius 2 is 1.74 bits per heavy atom. The van der Waals surface area contributed by atoms with Gasteiger partial charge < -0.3 is 0 Å². The third-order valence-corrected chi connectivity index (χ3v) is 3.40. The van der Waals surface area contributed by atoms with Crippen molar-refractivity contribution in [3.05, 3.63) is 89.3 Å². The van der Waals surface area contributed by atoms with Crippen LogP contribution in [0.25, 0.3) is 0 Å². The van der Waals surface area contributed by atoms with E-state index in [2.05, 4.69) is 59.6 Å². The third-order valence-electron chi connectivity index (χ3n) is 3.40. The van der Waals surface area contributed by atoms with Crippen molar-refractivity contribution in [3.8, 4) is 0 Å². The minimum absolute atomic E-state index is 0.968. The standard InChI is InChI=1S/C18H17N/c1-2-6-15(7-3-1)12-16-9-10-17(13-16)14-18-8-4-5-11-19-18/h1-9,11,13H,10,12,14H2. The van der Waals surface area contributed by atoms with Crippen molar-refractivity contribution in [1.29, 1.82) is 0 Å². The Morgan fingerprint density at radius 3 is 2.53 bits per heavy atom. The Labute approximate surface area is 114 Å². The zero-order valence-corrected chi connectivity index (χ0v) is 10.9. The van der Waals surface area contributed by atoms with Crippen molar-refractivity contribution in [1.82, 2.24) is 4.98 Å². The lowest BCUT2D eigenvalue weighted by molar-refractivity contribution is 1.02. The van der Waals surface area contributed by atoms with Gasteiger partial charge in [-0.1, -0.05) is 54.1 Å². The van der Waals surface area contributed by atoms with E-state index >= 15 is 0 Å². The molecule has 0 spiro atoms. The maximum Gasteiger partial charge on any atom is 0.0444 e. The summed E-state index contributed by atoms with van der Waals surface area (Å²) in [6, 6.07) is 16.7. The fraction of sp³-hybridized carbons (Fsp3) is 0.167. The molecule has 94 valence electrons. The Hall–Kier alpha value is -2.15. The van der Waals surface area contributed by atoms with E-state index in [4.69, 9.17) is 0 Å². The highest BCUT2D eigenvalue weighted by molar-refractivity contribution is 5.38. The molecule has 0 fully saturated rings. The molecule has 0 N–H and O–H groups in total. The molecule has 1 aliphatic rings. The zero-order chi connectivity index (χ0) is 12.9. The van der Waals surface area contributed by atoms with Gasteiger partial charge in [-0.3, -0.25) is 4.98 Å². The second-order valence-corrected chi connectivity index (χ2v) is 4.95. The highest BCUT2D eigenvalue weighted by Gasteiger charge is 2.08. The Kier molecular flexibility index (Phi) is 3.55. The molecular formula is C18H17N. The lowest BCUT2D eigenvalue weighted by Gasteiger charge is -2.01. The summed E-state index contributed by atoms with van der Waals surface area (Å²) in [5.74, 6) is 0. The van der Waals surface area contributed by atoms with Gasteiger partial charge in [0.1, 0.15) is 0 Å². The number of nitrogens with zero attached hydrogens (tertiary/aromatic N) is 1. The zero-order valence-electron chi connectivity index (χ0n) is 10.9. The lowest BCUT2D eigenvalue weighted by Crippen LogP contribution is -1.91. The van der Waals surface area contributed by atoms with Crippen LogP contribution in [-0.4, -0.2) is 4.98 Å². The maximum absolute atomic E-state index is 4.39. The smallest absolute Gasteiger partial charge is 0.0444 e. The number of allylic oxidation sites excluding steroid dienone is 4. The van der Waals surface area contributed by atoms with Crippen molar-refractivity contribution >= 4 is 0 Å². The summed E-state index contributed by atoms with van der Waals surface area (Å²) in [5.41, 5.74) is 5.42.